The molecule has 3 aromatic rings. The minimum Gasteiger partial charge on any atom is -0.479 e. The van der Waals surface area contributed by atoms with Crippen LogP contribution >= 0.6 is 22.9 Å². The van der Waals surface area contributed by atoms with Crippen LogP contribution in [0.2, 0.25) is 0 Å². The number of nitrogens with zero attached hydrogens (tertiary/aromatic N) is 3. The van der Waals surface area contributed by atoms with Crippen LogP contribution in [0.4, 0.5) is 28.5 Å². The normalized spacial score (nSPS) is 18.4. The Balaban J connectivity index is 1.50. The number of rotatable bonds is 5. The van der Waals surface area contributed by atoms with E-state index in [-0.39, 0.29) is 28.4 Å². The molecule has 0 aliphatic carbocycles. The van der Waals surface area contributed by atoms with E-state index in [2.05, 4.69) is 15.3 Å². The van der Waals surface area contributed by atoms with Gasteiger partial charge in [0.05, 0.1) is 16.8 Å². The van der Waals surface area contributed by atoms with Crippen LogP contribution in [-0.4, -0.2) is 38.5 Å². The van der Waals surface area contributed by atoms with Crippen LogP contribution in [0.1, 0.15) is 35.2 Å². The van der Waals surface area contributed by atoms with E-state index in [1.165, 1.54) is 34.7 Å². The number of anilines is 2. The monoisotopic (exact) mass is 528 g/mol. The van der Waals surface area contributed by atoms with Crippen molar-refractivity contribution in [2.75, 3.05) is 16.8 Å². The van der Waals surface area contributed by atoms with E-state index in [1.54, 1.807) is 0 Å². The number of halogens is 5. The standard InChI is InChI=1S/C22H17ClF4N4O3S/c23-21(19(33)34)8-1-2-9-31(21)16-7-6-12(10-28-16)18(32)30-20-29-15(11-35-20)13-4-3-5-14(17(13)24)22(25,26)27/h3-7,10-11H,1-2,8-9H2,(H,33,34)(H,29,30,32). The van der Waals surface area contributed by atoms with Gasteiger partial charge in [0, 0.05) is 23.7 Å². The Morgan fingerprint density at radius 3 is 2.63 bits per heavy atom. The fraction of sp³-hybridized carbons (Fsp3) is 0.273. The summed E-state index contributed by atoms with van der Waals surface area (Å²) in [5, 5.41) is 13.4. The third-order valence-corrected chi connectivity index (χ3v) is 6.80. The largest absolute Gasteiger partial charge is 0.479 e. The van der Waals surface area contributed by atoms with E-state index in [0.717, 1.165) is 23.8 Å². The summed E-state index contributed by atoms with van der Waals surface area (Å²) in [5.74, 6) is -2.93. The predicted molar refractivity (Wildman–Crippen MR) is 122 cm³/mol. The van der Waals surface area contributed by atoms with Crippen LogP contribution in [0.3, 0.4) is 0 Å². The number of aliphatic carboxylic acids is 1. The maximum absolute atomic E-state index is 14.4. The summed E-state index contributed by atoms with van der Waals surface area (Å²) in [5.41, 5.74) is -1.67. The SMILES string of the molecule is O=C(Nc1nc(-c2cccc(C(F)(F)F)c2F)cs1)c1ccc(N2CCCCC2(Cl)C(=O)O)nc1. The molecular formula is C22H17ClF4N4O3S. The van der Waals surface area contributed by atoms with Gasteiger partial charge in [0.1, 0.15) is 11.6 Å². The third-order valence-electron chi connectivity index (χ3n) is 5.49. The molecule has 1 atom stereocenters. The van der Waals surface area contributed by atoms with Crippen LogP contribution in [0.25, 0.3) is 11.3 Å². The lowest BCUT2D eigenvalue weighted by molar-refractivity contribution is -0.141. The van der Waals surface area contributed by atoms with Crippen molar-refractivity contribution in [3.8, 4) is 11.3 Å². The molecule has 1 saturated heterocycles. The van der Waals surface area contributed by atoms with E-state index >= 15 is 0 Å². The first-order valence-electron chi connectivity index (χ1n) is 10.3. The van der Waals surface area contributed by atoms with Crippen molar-refractivity contribution in [1.29, 1.82) is 0 Å². The van der Waals surface area contributed by atoms with Gasteiger partial charge < -0.3 is 10.0 Å². The maximum Gasteiger partial charge on any atom is 0.419 e. The smallest absolute Gasteiger partial charge is 0.419 e. The Morgan fingerprint density at radius 1 is 1.20 bits per heavy atom. The van der Waals surface area contributed by atoms with Gasteiger partial charge in [-0.15, -0.1) is 11.3 Å². The van der Waals surface area contributed by atoms with E-state index in [0.29, 0.717) is 24.8 Å². The van der Waals surface area contributed by atoms with Gasteiger partial charge in [-0.05, 0) is 43.5 Å². The van der Waals surface area contributed by atoms with Crippen LogP contribution < -0.4 is 10.2 Å². The highest BCUT2D eigenvalue weighted by molar-refractivity contribution is 7.14. The molecule has 0 spiro atoms. The van der Waals surface area contributed by atoms with E-state index in [4.69, 9.17) is 11.6 Å². The predicted octanol–water partition coefficient (Wildman–Crippen LogP) is 5.63. The zero-order chi connectivity index (χ0) is 25.4. The highest BCUT2D eigenvalue weighted by atomic mass is 35.5. The summed E-state index contributed by atoms with van der Waals surface area (Å²) in [4.78, 5) is 32.3. The average Bonchev–Trinajstić information content (AvgIpc) is 3.27. The number of hydrogen-bond donors (Lipinski definition) is 2. The molecule has 1 amide bonds. The van der Waals surface area contributed by atoms with Crippen molar-refractivity contribution < 1.29 is 32.3 Å². The number of carboxylic acid groups (broad SMARTS) is 1. The average molecular weight is 529 g/mol. The molecule has 4 rings (SSSR count). The summed E-state index contributed by atoms with van der Waals surface area (Å²) in [6.07, 6.45) is -1.96. The molecule has 13 heteroatoms. The lowest BCUT2D eigenvalue weighted by Gasteiger charge is -2.40. The molecule has 1 fully saturated rings. The molecule has 184 valence electrons. The lowest BCUT2D eigenvalue weighted by Crippen LogP contribution is -2.53. The third kappa shape index (κ3) is 4.94. The number of amides is 1. The Morgan fingerprint density at radius 2 is 1.97 bits per heavy atom. The van der Waals surface area contributed by atoms with Gasteiger partial charge in [-0.25, -0.2) is 19.2 Å². The van der Waals surface area contributed by atoms with Crippen LogP contribution in [-0.2, 0) is 11.0 Å². The summed E-state index contributed by atoms with van der Waals surface area (Å²) in [6, 6.07) is 5.80. The van der Waals surface area contributed by atoms with Crippen LogP contribution in [0, 0.1) is 5.82 Å². The number of alkyl halides is 4. The van der Waals surface area contributed by atoms with Gasteiger partial charge in [-0.1, -0.05) is 17.7 Å². The highest BCUT2D eigenvalue weighted by Crippen LogP contribution is 2.37. The second-order valence-corrected chi connectivity index (χ2v) is 9.22. The molecule has 1 aliphatic heterocycles. The molecule has 1 aromatic carbocycles. The van der Waals surface area contributed by atoms with Crippen molar-refractivity contribution in [1.82, 2.24) is 9.97 Å². The van der Waals surface area contributed by atoms with Crippen molar-refractivity contribution in [2.24, 2.45) is 0 Å². The fourth-order valence-electron chi connectivity index (χ4n) is 3.71. The molecule has 0 bridgehead atoms. The summed E-state index contributed by atoms with van der Waals surface area (Å²) >= 11 is 7.25. The quantitative estimate of drug-likeness (QED) is 0.253. The lowest BCUT2D eigenvalue weighted by atomic mass is 10.0. The molecule has 1 unspecified atom stereocenters. The second kappa shape index (κ2) is 9.42. The van der Waals surface area contributed by atoms with Crippen LogP contribution in [0.5, 0.6) is 0 Å². The number of hydrogen-bond acceptors (Lipinski definition) is 6. The maximum atomic E-state index is 14.4. The van der Waals surface area contributed by atoms with Gasteiger partial charge >= 0.3 is 12.1 Å². The van der Waals surface area contributed by atoms with Crippen LogP contribution in [0.15, 0.2) is 41.9 Å². The number of piperidine rings is 1. The molecule has 0 radical (unpaired) electrons. The minimum absolute atomic E-state index is 0.0487. The Kier molecular flexibility index (Phi) is 6.69. The van der Waals surface area contributed by atoms with Crippen molar-refractivity contribution >= 4 is 45.8 Å². The molecule has 7 nitrogen and oxygen atoms in total. The number of aromatic nitrogens is 2. The van der Waals surface area contributed by atoms with Gasteiger partial charge in [-0.2, -0.15) is 13.2 Å². The van der Waals surface area contributed by atoms with E-state index < -0.39 is 34.4 Å². The molecule has 2 N–H and O–H groups in total. The van der Waals surface area contributed by atoms with Gasteiger partial charge in [0.2, 0.25) is 5.00 Å². The number of thiazole rings is 1. The number of nitrogens with one attached hydrogen (secondary N) is 1. The highest BCUT2D eigenvalue weighted by Gasteiger charge is 2.45. The number of carboxylic acids is 1. The van der Waals surface area contributed by atoms with Crippen molar-refractivity contribution in [3.63, 3.8) is 0 Å². The Bertz CT molecular complexity index is 1270. The van der Waals surface area contributed by atoms with E-state index in [1.807, 2.05) is 0 Å². The fourth-order valence-corrected chi connectivity index (χ4v) is 4.72. The molecule has 2 aromatic heterocycles. The van der Waals surface area contributed by atoms with Gasteiger partial charge in [0.15, 0.2) is 5.13 Å². The summed E-state index contributed by atoms with van der Waals surface area (Å²) in [7, 11) is 0. The number of carbonyl (C=O) groups excluding carboxylic acids is 1. The number of benzene rings is 1. The first-order chi connectivity index (χ1) is 16.5. The summed E-state index contributed by atoms with van der Waals surface area (Å²) < 4.78 is 53.3. The topological polar surface area (TPSA) is 95.4 Å². The van der Waals surface area contributed by atoms with Crippen molar-refractivity contribution in [3.05, 3.63) is 58.9 Å². The second-order valence-electron chi connectivity index (χ2n) is 7.74. The number of carbonyl (C=O) groups is 2. The zero-order valence-corrected chi connectivity index (χ0v) is 19.3. The first-order valence-corrected chi connectivity index (χ1v) is 11.6. The molecule has 35 heavy (non-hydrogen) atoms. The first kappa shape index (κ1) is 24.9. The molecule has 3 heterocycles. The van der Waals surface area contributed by atoms with Gasteiger partial charge in [0.25, 0.3) is 5.91 Å². The number of pyridine rings is 1. The van der Waals surface area contributed by atoms with Gasteiger partial charge in [-0.3, -0.25) is 10.1 Å². The molecule has 0 saturated carbocycles. The van der Waals surface area contributed by atoms with E-state index in [9.17, 15) is 32.3 Å². The molecular weight excluding hydrogens is 512 g/mol. The Hall–Kier alpha value is -3.25. The molecule has 1 aliphatic rings. The Labute approximate surface area is 205 Å². The minimum atomic E-state index is -4.85. The van der Waals surface area contributed by atoms with Crippen molar-refractivity contribution in [2.45, 2.75) is 30.4 Å². The zero-order valence-electron chi connectivity index (χ0n) is 17.8. The summed E-state index contributed by atoms with van der Waals surface area (Å²) in [6.45, 7) is 0.391.